The molecule has 0 aliphatic heterocycles. The van der Waals surface area contributed by atoms with Gasteiger partial charge in [0.05, 0.1) is 7.11 Å². The molecule has 0 saturated heterocycles. The number of carbonyl (C=O) groups is 1. The molecule has 0 atom stereocenters. The second kappa shape index (κ2) is 9.28. The summed E-state index contributed by atoms with van der Waals surface area (Å²) >= 11 is 9.30. The Balaban J connectivity index is 1.69. The van der Waals surface area contributed by atoms with Crippen molar-refractivity contribution in [1.82, 2.24) is 14.3 Å². The molecule has 3 aromatic carbocycles. The number of aromatic nitrogens is 3. The fraction of sp³-hybridized carbons (Fsp3) is 0.0870. The average Bonchev–Trinajstić information content (AvgIpc) is 3.10. The average molecular weight is 495 g/mol. The molecular weight excluding hydrogens is 476 g/mol. The van der Waals surface area contributed by atoms with E-state index in [1.54, 1.807) is 31.4 Å². The van der Waals surface area contributed by atoms with Crippen molar-refractivity contribution < 1.29 is 9.53 Å². The third kappa shape index (κ3) is 4.60. The number of benzene rings is 3. The molecule has 0 unspecified atom stereocenters. The highest BCUT2D eigenvalue weighted by atomic mass is 79.9. The summed E-state index contributed by atoms with van der Waals surface area (Å²) in [6, 6.07) is 24.7. The molecule has 0 aliphatic rings. The Bertz CT molecular complexity index is 1270. The van der Waals surface area contributed by atoms with Gasteiger partial charge in [-0.25, -0.2) is 4.68 Å². The van der Waals surface area contributed by atoms with Gasteiger partial charge in [-0.3, -0.25) is 9.36 Å². The fourth-order valence-electron chi connectivity index (χ4n) is 3.15. The van der Waals surface area contributed by atoms with Gasteiger partial charge in [0.25, 0.3) is 0 Å². The molecule has 0 aliphatic carbocycles. The van der Waals surface area contributed by atoms with Crippen LogP contribution in [-0.2, 0) is 11.3 Å². The molecule has 4 aromatic rings. The maximum atomic E-state index is 12.7. The summed E-state index contributed by atoms with van der Waals surface area (Å²) in [5, 5.41) is 7.56. The molecule has 0 radical (unpaired) electrons. The summed E-state index contributed by atoms with van der Waals surface area (Å²) < 4.78 is 9.88. The smallest absolute Gasteiger partial charge is 0.246 e. The van der Waals surface area contributed by atoms with Crippen LogP contribution in [0, 0.1) is 4.77 Å². The van der Waals surface area contributed by atoms with Gasteiger partial charge in [-0.2, -0.15) is 5.10 Å². The van der Waals surface area contributed by atoms with Gasteiger partial charge in [-0.05, 0) is 54.7 Å². The highest BCUT2D eigenvalue weighted by molar-refractivity contribution is 9.10. The summed E-state index contributed by atoms with van der Waals surface area (Å²) in [5.41, 5.74) is 2.43. The fourth-order valence-corrected chi connectivity index (χ4v) is 3.91. The van der Waals surface area contributed by atoms with Crippen molar-refractivity contribution in [2.45, 2.75) is 6.54 Å². The van der Waals surface area contributed by atoms with E-state index in [9.17, 15) is 4.79 Å². The van der Waals surface area contributed by atoms with E-state index in [1.165, 1.54) is 4.68 Å². The predicted molar refractivity (Wildman–Crippen MR) is 127 cm³/mol. The minimum atomic E-state index is -0.224. The van der Waals surface area contributed by atoms with Gasteiger partial charge in [0, 0.05) is 21.4 Å². The van der Waals surface area contributed by atoms with Gasteiger partial charge >= 0.3 is 0 Å². The topological polar surface area (TPSA) is 61.1 Å². The third-order valence-corrected chi connectivity index (χ3v) is 5.72. The highest BCUT2D eigenvalue weighted by Gasteiger charge is 2.18. The summed E-state index contributed by atoms with van der Waals surface area (Å²) in [4.78, 5) is 12.7. The number of carbonyl (C=O) groups excluding carboxylic acids is 1. The summed E-state index contributed by atoms with van der Waals surface area (Å²) in [5.74, 6) is 1.15. The van der Waals surface area contributed by atoms with Crippen LogP contribution in [-0.4, -0.2) is 27.4 Å². The first-order valence-corrected chi connectivity index (χ1v) is 10.7. The van der Waals surface area contributed by atoms with Gasteiger partial charge in [-0.15, -0.1) is 0 Å². The molecule has 1 heterocycles. The van der Waals surface area contributed by atoms with Crippen LogP contribution in [0.15, 0.2) is 83.3 Å². The molecule has 0 saturated carbocycles. The first kappa shape index (κ1) is 21.0. The van der Waals surface area contributed by atoms with E-state index < -0.39 is 0 Å². The van der Waals surface area contributed by atoms with Crippen LogP contribution < -0.4 is 10.1 Å². The van der Waals surface area contributed by atoms with E-state index in [4.69, 9.17) is 22.1 Å². The van der Waals surface area contributed by atoms with Crippen LogP contribution >= 0.6 is 28.1 Å². The molecule has 0 spiro atoms. The number of rotatable bonds is 6. The largest absolute Gasteiger partial charge is 0.497 e. The number of halogens is 1. The Kier molecular flexibility index (Phi) is 6.29. The number of methoxy groups -OCH3 is 1. The Morgan fingerprint density at radius 2 is 1.71 bits per heavy atom. The monoisotopic (exact) mass is 494 g/mol. The van der Waals surface area contributed by atoms with Crippen LogP contribution in [0.5, 0.6) is 5.75 Å². The Morgan fingerprint density at radius 1 is 1.03 bits per heavy atom. The van der Waals surface area contributed by atoms with Crippen LogP contribution in [0.2, 0.25) is 0 Å². The van der Waals surface area contributed by atoms with Crippen molar-refractivity contribution in [3.05, 3.63) is 88.1 Å². The maximum absolute atomic E-state index is 12.7. The van der Waals surface area contributed by atoms with Crippen LogP contribution in [0.3, 0.4) is 0 Å². The second-order valence-electron chi connectivity index (χ2n) is 6.69. The number of nitrogens with one attached hydrogen (secondary N) is 1. The molecule has 0 bridgehead atoms. The molecule has 8 heteroatoms. The number of para-hydroxylation sites is 1. The SMILES string of the molecule is COc1ccc(NC(=O)Cn2nc(-c3ccccc3Br)n(-c3ccccc3)c2=S)cc1. The van der Waals surface area contributed by atoms with Crippen molar-refractivity contribution in [1.29, 1.82) is 0 Å². The van der Waals surface area contributed by atoms with Crippen molar-refractivity contribution in [2.75, 3.05) is 12.4 Å². The Hall–Kier alpha value is -3.23. The van der Waals surface area contributed by atoms with Gasteiger partial charge < -0.3 is 10.1 Å². The lowest BCUT2D eigenvalue weighted by molar-refractivity contribution is -0.116. The van der Waals surface area contributed by atoms with Crippen molar-refractivity contribution in [3.8, 4) is 22.8 Å². The lowest BCUT2D eigenvalue weighted by Crippen LogP contribution is -2.19. The van der Waals surface area contributed by atoms with E-state index in [0.29, 0.717) is 16.3 Å². The molecule has 156 valence electrons. The molecule has 1 aromatic heterocycles. The van der Waals surface area contributed by atoms with Crippen LogP contribution in [0.1, 0.15) is 0 Å². The molecule has 0 fully saturated rings. The summed E-state index contributed by atoms with van der Waals surface area (Å²) in [6.45, 7) is -0.0118. The Labute approximate surface area is 193 Å². The molecule has 1 amide bonds. The first-order valence-electron chi connectivity index (χ1n) is 9.51. The van der Waals surface area contributed by atoms with Crippen molar-refractivity contribution >= 4 is 39.7 Å². The molecule has 31 heavy (non-hydrogen) atoms. The van der Waals surface area contributed by atoms with E-state index in [0.717, 1.165) is 21.5 Å². The van der Waals surface area contributed by atoms with Crippen LogP contribution in [0.25, 0.3) is 17.1 Å². The molecule has 4 rings (SSSR count). The minimum Gasteiger partial charge on any atom is -0.497 e. The molecular formula is C23H19BrN4O2S. The van der Waals surface area contributed by atoms with E-state index in [1.807, 2.05) is 59.2 Å². The predicted octanol–water partition coefficient (Wildman–Crippen LogP) is 5.48. The quantitative estimate of drug-likeness (QED) is 0.360. The number of hydrogen-bond donors (Lipinski definition) is 1. The van der Waals surface area contributed by atoms with E-state index in [-0.39, 0.29) is 12.5 Å². The maximum Gasteiger partial charge on any atom is 0.246 e. The van der Waals surface area contributed by atoms with Gasteiger partial charge in [-0.1, -0.05) is 52.3 Å². The summed E-state index contributed by atoms with van der Waals surface area (Å²) in [7, 11) is 1.60. The number of hydrogen-bond acceptors (Lipinski definition) is 4. The number of anilines is 1. The van der Waals surface area contributed by atoms with Gasteiger partial charge in [0.1, 0.15) is 12.3 Å². The molecule has 1 N–H and O–H groups in total. The number of amides is 1. The van der Waals surface area contributed by atoms with Crippen molar-refractivity contribution in [3.63, 3.8) is 0 Å². The zero-order valence-corrected chi connectivity index (χ0v) is 19.1. The van der Waals surface area contributed by atoms with E-state index in [2.05, 4.69) is 21.2 Å². The van der Waals surface area contributed by atoms with Crippen LogP contribution in [0.4, 0.5) is 5.69 Å². The second-order valence-corrected chi connectivity index (χ2v) is 7.91. The standard InChI is InChI=1S/C23H19BrN4O2S/c1-30-18-13-11-16(12-14-18)25-21(29)15-27-23(31)28(17-7-3-2-4-8-17)22(26-27)19-9-5-6-10-20(19)24/h2-14H,15H2,1H3,(H,25,29). The normalized spacial score (nSPS) is 10.6. The minimum absolute atomic E-state index is 0.0118. The van der Waals surface area contributed by atoms with Crippen molar-refractivity contribution in [2.24, 2.45) is 0 Å². The van der Waals surface area contributed by atoms with E-state index >= 15 is 0 Å². The molecule has 6 nitrogen and oxygen atoms in total. The highest BCUT2D eigenvalue weighted by Crippen LogP contribution is 2.29. The lowest BCUT2D eigenvalue weighted by atomic mass is 10.2. The van der Waals surface area contributed by atoms with Gasteiger partial charge in [0.15, 0.2) is 5.82 Å². The number of nitrogens with zero attached hydrogens (tertiary/aromatic N) is 3. The first-order chi connectivity index (χ1) is 15.1. The summed E-state index contributed by atoms with van der Waals surface area (Å²) in [6.07, 6.45) is 0. The zero-order chi connectivity index (χ0) is 21.8. The van der Waals surface area contributed by atoms with Gasteiger partial charge in [0.2, 0.25) is 10.7 Å². The lowest BCUT2D eigenvalue weighted by Gasteiger charge is -2.08. The number of ether oxygens (including phenoxy) is 1. The Morgan fingerprint density at radius 3 is 2.39 bits per heavy atom. The third-order valence-electron chi connectivity index (χ3n) is 4.64. The zero-order valence-electron chi connectivity index (χ0n) is 16.7.